The quantitative estimate of drug-likeness (QED) is 0.749. The van der Waals surface area contributed by atoms with Gasteiger partial charge in [-0.2, -0.15) is 0 Å². The van der Waals surface area contributed by atoms with E-state index in [1.807, 2.05) is 32.0 Å². The highest BCUT2D eigenvalue weighted by Crippen LogP contribution is 2.24. The van der Waals surface area contributed by atoms with Crippen LogP contribution in [0.5, 0.6) is 5.75 Å². The Morgan fingerprint density at radius 2 is 1.92 bits per heavy atom. The molecule has 0 saturated heterocycles. The van der Waals surface area contributed by atoms with Gasteiger partial charge in [0.05, 0.1) is 18.4 Å². The van der Waals surface area contributed by atoms with Crippen molar-refractivity contribution in [2.75, 3.05) is 19.0 Å². The van der Waals surface area contributed by atoms with Crippen LogP contribution >= 0.6 is 0 Å². The molecule has 0 radical (unpaired) electrons. The molecule has 124 valence electrons. The van der Waals surface area contributed by atoms with Crippen LogP contribution in [0, 0.1) is 13.8 Å². The molecule has 2 aromatic heterocycles. The van der Waals surface area contributed by atoms with Gasteiger partial charge in [-0.3, -0.25) is 0 Å². The summed E-state index contributed by atoms with van der Waals surface area (Å²) in [6.45, 7) is 4.53. The summed E-state index contributed by atoms with van der Waals surface area (Å²) in [5.74, 6) is 3.00. The molecule has 6 nitrogen and oxygen atoms in total. The lowest BCUT2D eigenvalue weighted by Crippen LogP contribution is -2.07. The van der Waals surface area contributed by atoms with Gasteiger partial charge in [-0.05, 0) is 44.0 Å². The van der Waals surface area contributed by atoms with Crippen molar-refractivity contribution in [3.8, 4) is 17.1 Å². The number of hydrogen-bond acceptors (Lipinski definition) is 6. The second kappa shape index (κ2) is 7.12. The molecule has 3 aromatic rings. The molecule has 6 heteroatoms. The number of hydrogen-bond donors (Lipinski definition) is 1. The van der Waals surface area contributed by atoms with Crippen LogP contribution < -0.4 is 10.1 Å². The Balaban J connectivity index is 1.64. The van der Waals surface area contributed by atoms with Crippen molar-refractivity contribution in [1.29, 1.82) is 0 Å². The van der Waals surface area contributed by atoms with Gasteiger partial charge in [0, 0.05) is 12.7 Å². The number of methoxy groups -OCH3 is 1. The van der Waals surface area contributed by atoms with Crippen molar-refractivity contribution in [3.05, 3.63) is 53.5 Å². The van der Waals surface area contributed by atoms with E-state index < -0.39 is 0 Å². The van der Waals surface area contributed by atoms with Crippen molar-refractivity contribution in [2.45, 2.75) is 20.3 Å². The van der Waals surface area contributed by atoms with Gasteiger partial charge in [0.15, 0.2) is 5.82 Å². The summed E-state index contributed by atoms with van der Waals surface area (Å²) in [4.78, 5) is 8.88. The molecule has 0 unspecified atom stereocenters. The fourth-order valence-corrected chi connectivity index (χ4v) is 2.51. The molecular weight excluding hydrogens is 304 g/mol. The van der Waals surface area contributed by atoms with E-state index in [1.165, 1.54) is 5.56 Å². The zero-order chi connectivity index (χ0) is 16.9. The maximum Gasteiger partial charge on any atom is 0.166 e. The zero-order valence-corrected chi connectivity index (χ0v) is 14.0. The van der Waals surface area contributed by atoms with E-state index in [2.05, 4.69) is 32.6 Å². The lowest BCUT2D eigenvalue weighted by atomic mass is 10.1. The molecule has 0 bridgehead atoms. The van der Waals surface area contributed by atoms with Gasteiger partial charge < -0.3 is 14.6 Å². The second-order valence-corrected chi connectivity index (χ2v) is 5.49. The molecule has 3 rings (SSSR count). The predicted octanol–water partition coefficient (Wildman–Crippen LogP) is 3.41. The summed E-state index contributed by atoms with van der Waals surface area (Å²) in [6.07, 6.45) is 2.64. The van der Waals surface area contributed by atoms with Gasteiger partial charge in [-0.15, -0.1) is 0 Å². The van der Waals surface area contributed by atoms with Crippen molar-refractivity contribution in [1.82, 2.24) is 15.1 Å². The van der Waals surface area contributed by atoms with Crippen LogP contribution in [0.4, 0.5) is 5.82 Å². The third-order valence-corrected chi connectivity index (χ3v) is 3.79. The maximum atomic E-state index is 5.19. The molecule has 2 heterocycles. The number of rotatable bonds is 6. The first-order valence-electron chi connectivity index (χ1n) is 7.80. The summed E-state index contributed by atoms with van der Waals surface area (Å²) >= 11 is 0. The molecule has 1 N–H and O–H groups in total. The molecule has 0 aliphatic rings. The summed E-state index contributed by atoms with van der Waals surface area (Å²) in [5.41, 5.74) is 2.89. The van der Waals surface area contributed by atoms with E-state index in [-0.39, 0.29) is 0 Å². The molecule has 0 aliphatic carbocycles. The van der Waals surface area contributed by atoms with Crippen LogP contribution in [0.2, 0.25) is 0 Å². The van der Waals surface area contributed by atoms with Gasteiger partial charge in [-0.25, -0.2) is 9.97 Å². The first-order valence-corrected chi connectivity index (χ1v) is 7.80. The molecule has 1 aromatic carbocycles. The number of nitrogens with zero attached hydrogens (tertiary/aromatic N) is 3. The highest BCUT2D eigenvalue weighted by molar-refractivity contribution is 5.61. The smallest absolute Gasteiger partial charge is 0.166 e. The molecule has 0 spiro atoms. The van der Waals surface area contributed by atoms with Crippen LogP contribution in [0.15, 0.2) is 41.1 Å². The number of benzene rings is 1. The summed E-state index contributed by atoms with van der Waals surface area (Å²) < 4.78 is 10.4. The topological polar surface area (TPSA) is 73.1 Å². The van der Waals surface area contributed by atoms with Crippen LogP contribution in [0.25, 0.3) is 11.4 Å². The third-order valence-electron chi connectivity index (χ3n) is 3.79. The van der Waals surface area contributed by atoms with Crippen molar-refractivity contribution in [2.24, 2.45) is 0 Å². The molecule has 0 aliphatic heterocycles. The van der Waals surface area contributed by atoms with Crippen molar-refractivity contribution < 1.29 is 9.26 Å². The van der Waals surface area contributed by atoms with Gasteiger partial charge in [-0.1, -0.05) is 17.3 Å². The SMILES string of the molecule is COc1ccc(CCNc2ccnc(-c3c(C)noc3C)n2)cc1. The van der Waals surface area contributed by atoms with Gasteiger partial charge in [0.2, 0.25) is 0 Å². The van der Waals surface area contributed by atoms with Crippen LogP contribution in [0.1, 0.15) is 17.0 Å². The van der Waals surface area contributed by atoms with Gasteiger partial charge in [0.25, 0.3) is 0 Å². The number of ether oxygens (including phenoxy) is 1. The monoisotopic (exact) mass is 324 g/mol. The van der Waals surface area contributed by atoms with E-state index in [9.17, 15) is 0 Å². The second-order valence-electron chi connectivity index (χ2n) is 5.49. The summed E-state index contributed by atoms with van der Waals surface area (Å²) in [5, 5.41) is 7.28. The first-order chi connectivity index (χ1) is 11.7. The molecule has 0 fully saturated rings. The average molecular weight is 324 g/mol. The Kier molecular flexibility index (Phi) is 4.74. The predicted molar refractivity (Wildman–Crippen MR) is 92.2 cm³/mol. The van der Waals surface area contributed by atoms with Crippen molar-refractivity contribution >= 4 is 5.82 Å². The number of aromatic nitrogens is 3. The van der Waals surface area contributed by atoms with Gasteiger partial charge >= 0.3 is 0 Å². The highest BCUT2D eigenvalue weighted by Gasteiger charge is 2.14. The Morgan fingerprint density at radius 1 is 1.12 bits per heavy atom. The van der Waals surface area contributed by atoms with Crippen LogP contribution in [-0.2, 0) is 6.42 Å². The largest absolute Gasteiger partial charge is 0.497 e. The van der Waals surface area contributed by atoms with E-state index in [0.717, 1.165) is 41.6 Å². The van der Waals surface area contributed by atoms with E-state index in [4.69, 9.17) is 9.26 Å². The van der Waals surface area contributed by atoms with Crippen LogP contribution in [0.3, 0.4) is 0 Å². The zero-order valence-electron chi connectivity index (χ0n) is 14.0. The van der Waals surface area contributed by atoms with Gasteiger partial charge in [0.1, 0.15) is 17.3 Å². The van der Waals surface area contributed by atoms with E-state index in [1.54, 1.807) is 13.3 Å². The highest BCUT2D eigenvalue weighted by atomic mass is 16.5. The Bertz CT molecular complexity index is 793. The standard InChI is InChI=1S/C18H20N4O2/c1-12-17(13(2)24-22-12)18-20-11-9-16(21-18)19-10-8-14-4-6-15(23-3)7-5-14/h4-7,9,11H,8,10H2,1-3H3,(H,19,20,21). The first kappa shape index (κ1) is 16.0. The van der Waals surface area contributed by atoms with Crippen LogP contribution in [-0.4, -0.2) is 28.8 Å². The average Bonchev–Trinajstić information content (AvgIpc) is 2.94. The molecule has 0 saturated carbocycles. The van der Waals surface area contributed by atoms with E-state index in [0.29, 0.717) is 5.82 Å². The molecule has 0 amide bonds. The maximum absolute atomic E-state index is 5.19. The number of nitrogens with one attached hydrogen (secondary N) is 1. The molecule has 24 heavy (non-hydrogen) atoms. The summed E-state index contributed by atoms with van der Waals surface area (Å²) in [6, 6.07) is 9.92. The lowest BCUT2D eigenvalue weighted by molar-refractivity contribution is 0.393. The minimum atomic E-state index is 0.626. The number of aryl methyl sites for hydroxylation is 2. The third kappa shape index (κ3) is 3.53. The Hall–Kier alpha value is -2.89. The molecule has 0 atom stereocenters. The molecular formula is C18H20N4O2. The normalized spacial score (nSPS) is 10.6. The number of anilines is 1. The van der Waals surface area contributed by atoms with E-state index >= 15 is 0 Å². The van der Waals surface area contributed by atoms with Crippen molar-refractivity contribution in [3.63, 3.8) is 0 Å². The Labute approximate surface area is 140 Å². The Morgan fingerprint density at radius 3 is 2.58 bits per heavy atom. The fourth-order valence-electron chi connectivity index (χ4n) is 2.51. The summed E-state index contributed by atoms with van der Waals surface area (Å²) in [7, 11) is 1.67. The fraction of sp³-hybridized carbons (Fsp3) is 0.278. The minimum Gasteiger partial charge on any atom is -0.497 e. The minimum absolute atomic E-state index is 0.626. The lowest BCUT2D eigenvalue weighted by Gasteiger charge is -2.07.